The fourth-order valence-corrected chi connectivity index (χ4v) is 4.12. The van der Waals surface area contributed by atoms with Crippen LogP contribution in [0.15, 0.2) is 30.5 Å². The SMILES string of the molecule is CCc1cnc(-c2ccc(CCCCN3CCCCC3)cc2)s1. The molecule has 0 N–H and O–H groups in total. The Kier molecular flexibility index (Phi) is 6.23. The van der Waals surface area contributed by atoms with E-state index in [0.717, 1.165) is 11.4 Å². The van der Waals surface area contributed by atoms with Crippen molar-refractivity contribution in [1.29, 1.82) is 0 Å². The van der Waals surface area contributed by atoms with Crippen LogP contribution >= 0.6 is 11.3 Å². The van der Waals surface area contributed by atoms with Crippen LogP contribution in [0.5, 0.6) is 0 Å². The molecule has 1 aromatic heterocycles. The van der Waals surface area contributed by atoms with Crippen molar-refractivity contribution in [2.24, 2.45) is 0 Å². The molecule has 2 nitrogen and oxygen atoms in total. The van der Waals surface area contributed by atoms with Gasteiger partial charge in [-0.2, -0.15) is 0 Å². The molecule has 2 heterocycles. The third kappa shape index (κ3) is 4.89. The second kappa shape index (κ2) is 8.60. The highest BCUT2D eigenvalue weighted by Crippen LogP contribution is 2.25. The predicted octanol–water partition coefficient (Wildman–Crippen LogP) is 5.18. The molecular weight excluding hydrogens is 300 g/mol. The van der Waals surface area contributed by atoms with Crippen LogP contribution in [0.4, 0.5) is 0 Å². The molecule has 0 spiro atoms. The minimum atomic E-state index is 1.08. The molecule has 1 aromatic carbocycles. The van der Waals surface area contributed by atoms with Gasteiger partial charge in [-0.15, -0.1) is 11.3 Å². The van der Waals surface area contributed by atoms with Gasteiger partial charge in [-0.25, -0.2) is 4.98 Å². The number of hydrogen-bond acceptors (Lipinski definition) is 3. The van der Waals surface area contributed by atoms with Gasteiger partial charge >= 0.3 is 0 Å². The second-order valence-electron chi connectivity index (χ2n) is 6.54. The first-order valence-electron chi connectivity index (χ1n) is 9.11. The van der Waals surface area contributed by atoms with Crippen molar-refractivity contribution >= 4 is 11.3 Å². The van der Waals surface area contributed by atoms with Crippen LogP contribution in [-0.2, 0) is 12.8 Å². The van der Waals surface area contributed by atoms with Gasteiger partial charge in [-0.1, -0.05) is 37.6 Å². The first kappa shape index (κ1) is 16.7. The predicted molar refractivity (Wildman–Crippen MR) is 100 cm³/mol. The van der Waals surface area contributed by atoms with Crippen molar-refractivity contribution in [2.45, 2.75) is 51.9 Å². The largest absolute Gasteiger partial charge is 0.303 e. The Labute approximate surface area is 144 Å². The molecule has 1 saturated heterocycles. The molecule has 1 fully saturated rings. The highest BCUT2D eigenvalue weighted by molar-refractivity contribution is 7.15. The third-order valence-electron chi connectivity index (χ3n) is 4.74. The number of piperidine rings is 1. The fraction of sp³-hybridized carbons (Fsp3) is 0.550. The summed E-state index contributed by atoms with van der Waals surface area (Å²) in [4.78, 5) is 8.53. The van der Waals surface area contributed by atoms with E-state index < -0.39 is 0 Å². The molecule has 0 aliphatic carbocycles. The number of likely N-dealkylation sites (tertiary alicyclic amines) is 1. The van der Waals surface area contributed by atoms with Gasteiger partial charge in [-0.05, 0) is 63.7 Å². The summed E-state index contributed by atoms with van der Waals surface area (Å²) >= 11 is 1.81. The molecule has 2 aromatic rings. The van der Waals surface area contributed by atoms with E-state index in [1.807, 2.05) is 17.5 Å². The Hall–Kier alpha value is -1.19. The van der Waals surface area contributed by atoms with Gasteiger partial charge in [-0.3, -0.25) is 0 Å². The van der Waals surface area contributed by atoms with Crippen molar-refractivity contribution in [3.05, 3.63) is 40.9 Å². The molecule has 0 radical (unpaired) electrons. The Balaban J connectivity index is 1.44. The zero-order valence-corrected chi connectivity index (χ0v) is 15.1. The average molecular weight is 329 g/mol. The maximum atomic E-state index is 4.53. The van der Waals surface area contributed by atoms with Crippen LogP contribution in [0.25, 0.3) is 10.6 Å². The number of aromatic nitrogens is 1. The van der Waals surface area contributed by atoms with Gasteiger partial charge in [0.25, 0.3) is 0 Å². The van der Waals surface area contributed by atoms with Crippen molar-refractivity contribution < 1.29 is 0 Å². The monoisotopic (exact) mass is 328 g/mol. The molecule has 3 heteroatoms. The summed E-state index contributed by atoms with van der Waals surface area (Å²) in [5, 5.41) is 1.15. The Morgan fingerprint density at radius 3 is 2.52 bits per heavy atom. The summed E-state index contributed by atoms with van der Waals surface area (Å²) in [7, 11) is 0. The molecule has 23 heavy (non-hydrogen) atoms. The van der Waals surface area contributed by atoms with Gasteiger partial charge in [0.05, 0.1) is 0 Å². The molecule has 0 atom stereocenters. The molecule has 0 saturated carbocycles. The molecular formula is C20H28N2S. The van der Waals surface area contributed by atoms with Crippen LogP contribution < -0.4 is 0 Å². The van der Waals surface area contributed by atoms with E-state index in [-0.39, 0.29) is 0 Å². The first-order chi connectivity index (χ1) is 11.3. The highest BCUT2D eigenvalue weighted by Gasteiger charge is 2.09. The Morgan fingerprint density at radius 1 is 1.04 bits per heavy atom. The van der Waals surface area contributed by atoms with Gasteiger partial charge in [0, 0.05) is 16.6 Å². The van der Waals surface area contributed by atoms with Crippen molar-refractivity contribution in [3.63, 3.8) is 0 Å². The summed E-state index contributed by atoms with van der Waals surface area (Å²) in [6, 6.07) is 9.03. The van der Waals surface area contributed by atoms with E-state index in [4.69, 9.17) is 0 Å². The Morgan fingerprint density at radius 2 is 1.83 bits per heavy atom. The standard InChI is InChI=1S/C20H28N2S/c1-2-19-16-21-20(23-19)18-11-9-17(10-12-18)8-4-7-15-22-13-5-3-6-14-22/h9-12,16H,2-8,13-15H2,1H3. The topological polar surface area (TPSA) is 16.1 Å². The normalized spacial score (nSPS) is 15.9. The lowest BCUT2D eigenvalue weighted by Gasteiger charge is -2.26. The fourth-order valence-electron chi connectivity index (χ4n) is 3.27. The summed E-state index contributed by atoms with van der Waals surface area (Å²) < 4.78 is 0. The molecule has 0 unspecified atom stereocenters. The van der Waals surface area contributed by atoms with Gasteiger partial charge in [0.2, 0.25) is 0 Å². The number of hydrogen-bond donors (Lipinski definition) is 0. The summed E-state index contributed by atoms with van der Waals surface area (Å²) in [5.41, 5.74) is 2.71. The number of thiazole rings is 1. The average Bonchev–Trinajstić information content (AvgIpc) is 3.09. The van der Waals surface area contributed by atoms with E-state index in [0.29, 0.717) is 0 Å². The van der Waals surface area contributed by atoms with Crippen LogP contribution in [0.2, 0.25) is 0 Å². The number of rotatable bonds is 7. The molecule has 0 amide bonds. The lowest BCUT2D eigenvalue weighted by molar-refractivity contribution is 0.225. The van der Waals surface area contributed by atoms with Crippen molar-refractivity contribution in [2.75, 3.05) is 19.6 Å². The van der Waals surface area contributed by atoms with Gasteiger partial charge in [0.1, 0.15) is 5.01 Å². The quantitative estimate of drug-likeness (QED) is 0.651. The zero-order valence-electron chi connectivity index (χ0n) is 14.3. The smallest absolute Gasteiger partial charge is 0.123 e. The highest BCUT2D eigenvalue weighted by atomic mass is 32.1. The summed E-state index contributed by atoms with van der Waals surface area (Å²) in [6.45, 7) is 6.12. The minimum absolute atomic E-state index is 1.08. The van der Waals surface area contributed by atoms with Gasteiger partial charge < -0.3 is 4.90 Å². The van der Waals surface area contributed by atoms with Crippen LogP contribution in [-0.4, -0.2) is 29.5 Å². The van der Waals surface area contributed by atoms with Crippen molar-refractivity contribution in [1.82, 2.24) is 9.88 Å². The lowest BCUT2D eigenvalue weighted by Crippen LogP contribution is -2.30. The zero-order chi connectivity index (χ0) is 15.9. The van der Waals surface area contributed by atoms with E-state index in [9.17, 15) is 0 Å². The van der Waals surface area contributed by atoms with E-state index >= 15 is 0 Å². The maximum absolute atomic E-state index is 4.53. The number of benzene rings is 1. The number of nitrogens with zero attached hydrogens (tertiary/aromatic N) is 2. The lowest BCUT2D eigenvalue weighted by atomic mass is 10.1. The van der Waals surface area contributed by atoms with Gasteiger partial charge in [0.15, 0.2) is 0 Å². The minimum Gasteiger partial charge on any atom is -0.303 e. The molecule has 1 aliphatic heterocycles. The Bertz CT molecular complexity index is 582. The summed E-state index contributed by atoms with van der Waals surface area (Å²) in [6.07, 6.45) is 11.1. The second-order valence-corrected chi connectivity index (χ2v) is 7.66. The first-order valence-corrected chi connectivity index (χ1v) is 9.93. The van der Waals surface area contributed by atoms with Crippen LogP contribution in [0, 0.1) is 0 Å². The van der Waals surface area contributed by atoms with E-state index in [1.54, 1.807) is 0 Å². The number of unbranched alkanes of at least 4 members (excludes halogenated alkanes) is 1. The maximum Gasteiger partial charge on any atom is 0.123 e. The van der Waals surface area contributed by atoms with Crippen LogP contribution in [0.3, 0.4) is 0 Å². The molecule has 0 bridgehead atoms. The molecule has 1 aliphatic rings. The molecule has 124 valence electrons. The van der Waals surface area contributed by atoms with E-state index in [2.05, 4.69) is 41.1 Å². The molecule has 3 rings (SSSR count). The van der Waals surface area contributed by atoms with Crippen LogP contribution in [0.1, 0.15) is 49.5 Å². The third-order valence-corrected chi connectivity index (χ3v) is 5.93. The van der Waals surface area contributed by atoms with E-state index in [1.165, 1.54) is 74.2 Å². The van der Waals surface area contributed by atoms with Crippen molar-refractivity contribution in [3.8, 4) is 10.6 Å². The number of aryl methyl sites for hydroxylation is 2. The summed E-state index contributed by atoms with van der Waals surface area (Å²) in [5.74, 6) is 0.